The van der Waals surface area contributed by atoms with Gasteiger partial charge in [-0.1, -0.05) is 11.3 Å². The van der Waals surface area contributed by atoms with Crippen LogP contribution in [-0.4, -0.2) is 56.4 Å². The van der Waals surface area contributed by atoms with E-state index in [2.05, 4.69) is 10.3 Å². The van der Waals surface area contributed by atoms with Gasteiger partial charge in [0.25, 0.3) is 5.91 Å². The summed E-state index contributed by atoms with van der Waals surface area (Å²) in [6, 6.07) is 3.15. The van der Waals surface area contributed by atoms with Crippen LogP contribution in [0.1, 0.15) is 27.9 Å². The molecule has 0 saturated carbocycles. The van der Waals surface area contributed by atoms with E-state index in [1.807, 2.05) is 0 Å². The number of hydrogen-bond acceptors (Lipinski definition) is 8. The summed E-state index contributed by atoms with van der Waals surface area (Å²) in [6.07, 6.45) is 0.277. The molecular weight excluding hydrogens is 398 g/mol. The Kier molecular flexibility index (Phi) is 6.42. The van der Waals surface area contributed by atoms with E-state index in [4.69, 9.17) is 18.9 Å². The summed E-state index contributed by atoms with van der Waals surface area (Å²) in [4.78, 5) is 31.7. The number of rotatable bonds is 6. The summed E-state index contributed by atoms with van der Waals surface area (Å²) < 4.78 is 20.9. The molecule has 29 heavy (non-hydrogen) atoms. The summed E-state index contributed by atoms with van der Waals surface area (Å²) in [5, 5.41) is 3.28. The van der Waals surface area contributed by atoms with E-state index in [9.17, 15) is 9.59 Å². The van der Waals surface area contributed by atoms with E-state index in [0.29, 0.717) is 54.1 Å². The number of fused-ring (bicyclic) bond motifs is 1. The summed E-state index contributed by atoms with van der Waals surface area (Å²) >= 11 is 1.35. The van der Waals surface area contributed by atoms with Crippen LogP contribution in [0.25, 0.3) is 0 Å². The maximum atomic E-state index is 12.7. The molecule has 1 aromatic carbocycles. The first-order chi connectivity index (χ1) is 14.0. The van der Waals surface area contributed by atoms with Gasteiger partial charge in [0.1, 0.15) is 0 Å². The lowest BCUT2D eigenvalue weighted by molar-refractivity contribution is 0.102. The number of aromatic nitrogens is 1. The van der Waals surface area contributed by atoms with E-state index in [1.54, 1.807) is 24.0 Å². The number of anilines is 1. The van der Waals surface area contributed by atoms with E-state index in [0.717, 1.165) is 10.6 Å². The standard InChI is InChI=1S/C19H23N3O6S/c1-5-28-19(24)22-7-6-12-15(10-22)29-18(20-12)21-17(23)11-8-13(25-2)16(27-4)14(9-11)26-3/h8-9H,5-7,10H2,1-4H3,(H,20,21,23). The van der Waals surface area contributed by atoms with Crippen molar-refractivity contribution in [2.75, 3.05) is 39.8 Å². The molecule has 0 aliphatic carbocycles. The third-order valence-electron chi connectivity index (χ3n) is 4.40. The molecule has 2 aromatic rings. The van der Waals surface area contributed by atoms with Crippen LogP contribution in [0.2, 0.25) is 0 Å². The summed E-state index contributed by atoms with van der Waals surface area (Å²) in [7, 11) is 4.48. The van der Waals surface area contributed by atoms with Crippen molar-refractivity contribution in [3.05, 3.63) is 28.3 Å². The molecule has 2 heterocycles. The fourth-order valence-electron chi connectivity index (χ4n) is 3.00. The van der Waals surface area contributed by atoms with Crippen molar-refractivity contribution in [1.29, 1.82) is 0 Å². The number of amides is 2. The van der Waals surface area contributed by atoms with Crippen LogP contribution in [0.15, 0.2) is 12.1 Å². The van der Waals surface area contributed by atoms with Gasteiger partial charge in [0.15, 0.2) is 16.6 Å². The minimum Gasteiger partial charge on any atom is -0.493 e. The van der Waals surface area contributed by atoms with Gasteiger partial charge in [-0.3, -0.25) is 10.1 Å². The van der Waals surface area contributed by atoms with Gasteiger partial charge in [-0.15, -0.1) is 0 Å². The molecule has 156 valence electrons. The topological polar surface area (TPSA) is 99.2 Å². The maximum absolute atomic E-state index is 12.7. The Bertz CT molecular complexity index is 888. The maximum Gasteiger partial charge on any atom is 0.410 e. The lowest BCUT2D eigenvalue weighted by Crippen LogP contribution is -2.35. The average Bonchev–Trinajstić information content (AvgIpc) is 3.13. The van der Waals surface area contributed by atoms with Crippen LogP contribution in [0.4, 0.5) is 9.93 Å². The molecule has 1 aliphatic rings. The number of carbonyl (C=O) groups is 2. The fraction of sp³-hybridized carbons (Fsp3) is 0.421. The highest BCUT2D eigenvalue weighted by molar-refractivity contribution is 7.15. The van der Waals surface area contributed by atoms with Gasteiger partial charge in [0.2, 0.25) is 5.75 Å². The highest BCUT2D eigenvalue weighted by Gasteiger charge is 2.26. The Labute approximate surface area is 172 Å². The van der Waals surface area contributed by atoms with E-state index in [1.165, 1.54) is 32.7 Å². The second kappa shape index (κ2) is 8.99. The Balaban J connectivity index is 1.77. The molecule has 2 amide bonds. The molecule has 1 N–H and O–H groups in total. The van der Waals surface area contributed by atoms with Crippen molar-refractivity contribution in [1.82, 2.24) is 9.88 Å². The number of hydrogen-bond donors (Lipinski definition) is 1. The van der Waals surface area contributed by atoms with Gasteiger partial charge in [-0.2, -0.15) is 0 Å². The molecule has 0 saturated heterocycles. The Morgan fingerprint density at radius 1 is 1.17 bits per heavy atom. The largest absolute Gasteiger partial charge is 0.493 e. The summed E-state index contributed by atoms with van der Waals surface area (Å²) in [6.45, 7) is 3.07. The normalized spacial score (nSPS) is 12.8. The molecule has 10 heteroatoms. The van der Waals surface area contributed by atoms with Gasteiger partial charge >= 0.3 is 6.09 Å². The van der Waals surface area contributed by atoms with E-state index >= 15 is 0 Å². The predicted molar refractivity (Wildman–Crippen MR) is 107 cm³/mol. The Hall–Kier alpha value is -3.01. The zero-order valence-electron chi connectivity index (χ0n) is 16.7. The molecule has 3 rings (SSSR count). The lowest BCUT2D eigenvalue weighted by Gasteiger charge is -2.24. The molecule has 1 aliphatic heterocycles. The van der Waals surface area contributed by atoms with Crippen LogP contribution in [0, 0.1) is 0 Å². The SMILES string of the molecule is CCOC(=O)N1CCc2nc(NC(=O)c3cc(OC)c(OC)c(OC)c3)sc2C1. The van der Waals surface area contributed by atoms with Gasteiger partial charge in [-0.05, 0) is 19.1 Å². The minimum atomic E-state index is -0.349. The second-order valence-electron chi connectivity index (χ2n) is 6.13. The molecule has 1 aromatic heterocycles. The number of carbonyl (C=O) groups excluding carboxylic acids is 2. The van der Waals surface area contributed by atoms with Crippen molar-refractivity contribution in [3.63, 3.8) is 0 Å². The number of nitrogens with one attached hydrogen (secondary N) is 1. The Morgan fingerprint density at radius 2 is 1.86 bits per heavy atom. The number of benzene rings is 1. The Morgan fingerprint density at radius 3 is 2.45 bits per heavy atom. The molecule has 9 nitrogen and oxygen atoms in total. The molecular formula is C19H23N3O6S. The fourth-order valence-corrected chi connectivity index (χ4v) is 4.02. The predicted octanol–water partition coefficient (Wildman–Crippen LogP) is 2.94. The number of ether oxygens (including phenoxy) is 4. The minimum absolute atomic E-state index is 0.334. The first kappa shape index (κ1) is 20.7. The van der Waals surface area contributed by atoms with E-state index < -0.39 is 0 Å². The van der Waals surface area contributed by atoms with Crippen LogP contribution in [0.3, 0.4) is 0 Å². The van der Waals surface area contributed by atoms with Crippen molar-refractivity contribution in [3.8, 4) is 17.2 Å². The monoisotopic (exact) mass is 421 g/mol. The zero-order valence-corrected chi connectivity index (χ0v) is 17.6. The second-order valence-corrected chi connectivity index (χ2v) is 7.21. The van der Waals surface area contributed by atoms with Crippen molar-refractivity contribution in [2.24, 2.45) is 0 Å². The molecule has 0 fully saturated rings. The number of methoxy groups -OCH3 is 3. The molecule has 0 unspecified atom stereocenters. The van der Waals surface area contributed by atoms with Crippen molar-refractivity contribution >= 4 is 28.5 Å². The quantitative estimate of drug-likeness (QED) is 0.765. The number of nitrogens with zero attached hydrogens (tertiary/aromatic N) is 2. The van der Waals surface area contributed by atoms with Gasteiger partial charge in [0.05, 0.1) is 40.2 Å². The van der Waals surface area contributed by atoms with Crippen molar-refractivity contribution in [2.45, 2.75) is 19.9 Å². The van der Waals surface area contributed by atoms with Gasteiger partial charge < -0.3 is 23.8 Å². The molecule has 0 spiro atoms. The highest BCUT2D eigenvalue weighted by Crippen LogP contribution is 2.38. The summed E-state index contributed by atoms with van der Waals surface area (Å²) in [5.41, 5.74) is 1.23. The third kappa shape index (κ3) is 4.37. The summed E-state index contributed by atoms with van der Waals surface area (Å²) in [5.74, 6) is 0.842. The molecule has 0 atom stereocenters. The molecule has 0 radical (unpaired) electrons. The first-order valence-corrected chi connectivity index (χ1v) is 9.84. The van der Waals surface area contributed by atoms with E-state index in [-0.39, 0.29) is 12.0 Å². The van der Waals surface area contributed by atoms with Gasteiger partial charge in [0, 0.05) is 23.4 Å². The third-order valence-corrected chi connectivity index (χ3v) is 5.40. The highest BCUT2D eigenvalue weighted by atomic mass is 32.1. The van der Waals surface area contributed by atoms with Crippen molar-refractivity contribution < 1.29 is 28.5 Å². The zero-order chi connectivity index (χ0) is 21.0. The van der Waals surface area contributed by atoms with Crippen LogP contribution in [0.5, 0.6) is 17.2 Å². The average molecular weight is 421 g/mol. The van der Waals surface area contributed by atoms with Crippen LogP contribution >= 0.6 is 11.3 Å². The van der Waals surface area contributed by atoms with Crippen LogP contribution in [-0.2, 0) is 17.7 Å². The number of thiazole rings is 1. The molecule has 0 bridgehead atoms. The smallest absolute Gasteiger partial charge is 0.410 e. The van der Waals surface area contributed by atoms with Gasteiger partial charge in [-0.25, -0.2) is 9.78 Å². The van der Waals surface area contributed by atoms with Crippen LogP contribution < -0.4 is 19.5 Å². The first-order valence-electron chi connectivity index (χ1n) is 9.02. The lowest BCUT2D eigenvalue weighted by atomic mass is 10.1.